The van der Waals surface area contributed by atoms with Crippen molar-refractivity contribution in [3.05, 3.63) is 63.1 Å². The number of benzene rings is 1. The van der Waals surface area contributed by atoms with Crippen LogP contribution in [0.25, 0.3) is 0 Å². The van der Waals surface area contributed by atoms with Gasteiger partial charge in [0.25, 0.3) is 11.5 Å². The predicted octanol–water partition coefficient (Wildman–Crippen LogP) is 2.02. The molecule has 6 heteroatoms. The van der Waals surface area contributed by atoms with Gasteiger partial charge in [0.05, 0.1) is 6.54 Å². The highest BCUT2D eigenvalue weighted by Crippen LogP contribution is 2.21. The highest BCUT2D eigenvalue weighted by atomic mass is 16.2. The van der Waals surface area contributed by atoms with Gasteiger partial charge in [0, 0.05) is 37.6 Å². The molecule has 25 heavy (non-hydrogen) atoms. The molecule has 0 saturated heterocycles. The average Bonchev–Trinajstić information content (AvgIpc) is 2.52. The summed E-state index contributed by atoms with van der Waals surface area (Å²) in [7, 11) is 3.15. The molecule has 0 bridgehead atoms. The Bertz CT molecular complexity index is 861. The van der Waals surface area contributed by atoms with E-state index in [0.29, 0.717) is 0 Å². The molecule has 0 radical (unpaired) electrons. The standard InChI is InChI=1S/C19H23N3O3/c1-12-8-13(2)18(14(3)9-12)20-16(23)11-22(5)19(25)15-6-7-21(4)17(24)10-15/h6-10H,11H2,1-5H3,(H,20,23). The third-order valence-corrected chi connectivity index (χ3v) is 4.02. The number of aromatic nitrogens is 1. The third kappa shape index (κ3) is 4.35. The molecule has 0 aliphatic rings. The largest absolute Gasteiger partial charge is 0.332 e. The lowest BCUT2D eigenvalue weighted by molar-refractivity contribution is -0.116. The molecule has 0 spiro atoms. The fourth-order valence-electron chi connectivity index (χ4n) is 2.75. The number of anilines is 1. The van der Waals surface area contributed by atoms with Crippen LogP contribution in [0.5, 0.6) is 0 Å². The number of aryl methyl sites for hydroxylation is 4. The number of carbonyl (C=O) groups excluding carboxylic acids is 2. The second kappa shape index (κ2) is 7.34. The van der Waals surface area contributed by atoms with Crippen molar-refractivity contribution in [3.63, 3.8) is 0 Å². The van der Waals surface area contributed by atoms with Crippen LogP contribution >= 0.6 is 0 Å². The highest BCUT2D eigenvalue weighted by Gasteiger charge is 2.16. The average molecular weight is 341 g/mol. The summed E-state index contributed by atoms with van der Waals surface area (Å²) in [4.78, 5) is 37.6. The van der Waals surface area contributed by atoms with Gasteiger partial charge >= 0.3 is 0 Å². The van der Waals surface area contributed by atoms with Crippen LogP contribution in [0.2, 0.25) is 0 Å². The van der Waals surface area contributed by atoms with Gasteiger partial charge in [-0.2, -0.15) is 0 Å². The maximum atomic E-state index is 12.4. The maximum Gasteiger partial charge on any atom is 0.254 e. The molecule has 132 valence electrons. The number of hydrogen-bond acceptors (Lipinski definition) is 3. The number of likely N-dealkylation sites (N-methyl/N-ethyl adjacent to an activating group) is 1. The Morgan fingerprint density at radius 2 is 1.72 bits per heavy atom. The molecule has 0 fully saturated rings. The van der Waals surface area contributed by atoms with Crippen molar-refractivity contribution in [2.24, 2.45) is 7.05 Å². The van der Waals surface area contributed by atoms with Crippen LogP contribution in [0.1, 0.15) is 27.0 Å². The quantitative estimate of drug-likeness (QED) is 0.925. The van der Waals surface area contributed by atoms with E-state index >= 15 is 0 Å². The van der Waals surface area contributed by atoms with Gasteiger partial charge in [-0.3, -0.25) is 14.4 Å². The molecule has 1 N–H and O–H groups in total. The zero-order chi connectivity index (χ0) is 18.7. The van der Waals surface area contributed by atoms with E-state index in [9.17, 15) is 14.4 Å². The van der Waals surface area contributed by atoms with Crippen molar-refractivity contribution in [2.45, 2.75) is 20.8 Å². The summed E-state index contributed by atoms with van der Waals surface area (Å²) in [6.07, 6.45) is 1.53. The molecule has 0 aliphatic heterocycles. The summed E-state index contributed by atoms with van der Waals surface area (Å²) in [5.74, 6) is -0.653. The lowest BCUT2D eigenvalue weighted by Crippen LogP contribution is -2.35. The third-order valence-electron chi connectivity index (χ3n) is 4.02. The molecule has 1 aromatic heterocycles. The van der Waals surface area contributed by atoms with Crippen LogP contribution < -0.4 is 10.9 Å². The fraction of sp³-hybridized carbons (Fsp3) is 0.316. The van der Waals surface area contributed by atoms with E-state index in [4.69, 9.17) is 0 Å². The van der Waals surface area contributed by atoms with E-state index < -0.39 is 0 Å². The predicted molar refractivity (Wildman–Crippen MR) is 97.9 cm³/mol. The van der Waals surface area contributed by atoms with Gasteiger partial charge in [0.2, 0.25) is 5.91 Å². The Morgan fingerprint density at radius 3 is 2.28 bits per heavy atom. The molecule has 1 aromatic carbocycles. The fourth-order valence-corrected chi connectivity index (χ4v) is 2.75. The minimum absolute atomic E-state index is 0.0964. The Hall–Kier alpha value is -2.89. The molecule has 0 saturated carbocycles. The highest BCUT2D eigenvalue weighted by molar-refractivity contribution is 5.99. The molecular formula is C19H23N3O3. The van der Waals surface area contributed by atoms with Crippen LogP contribution in [-0.2, 0) is 11.8 Å². The van der Waals surface area contributed by atoms with Gasteiger partial charge in [-0.15, -0.1) is 0 Å². The van der Waals surface area contributed by atoms with Gasteiger partial charge in [0.1, 0.15) is 0 Å². The van der Waals surface area contributed by atoms with Gasteiger partial charge in [-0.05, 0) is 38.0 Å². The smallest absolute Gasteiger partial charge is 0.254 e. The molecule has 2 rings (SSSR count). The Kier molecular flexibility index (Phi) is 5.41. The molecule has 2 amide bonds. The van der Waals surface area contributed by atoms with E-state index in [1.54, 1.807) is 13.1 Å². The first-order valence-electron chi connectivity index (χ1n) is 7.99. The van der Waals surface area contributed by atoms with Crippen molar-refractivity contribution >= 4 is 17.5 Å². The van der Waals surface area contributed by atoms with Crippen molar-refractivity contribution in [3.8, 4) is 0 Å². The summed E-state index contributed by atoms with van der Waals surface area (Å²) in [6, 6.07) is 6.83. The molecule has 1 heterocycles. The van der Waals surface area contributed by atoms with E-state index in [2.05, 4.69) is 5.32 Å². The number of hydrogen-bond donors (Lipinski definition) is 1. The number of nitrogens with zero attached hydrogens (tertiary/aromatic N) is 2. The zero-order valence-electron chi connectivity index (χ0n) is 15.2. The van der Waals surface area contributed by atoms with Crippen molar-refractivity contribution in [1.82, 2.24) is 9.47 Å². The summed E-state index contributed by atoms with van der Waals surface area (Å²) >= 11 is 0. The summed E-state index contributed by atoms with van der Waals surface area (Å²) in [5, 5.41) is 2.86. The first-order valence-corrected chi connectivity index (χ1v) is 7.99. The Labute approximate surface area is 147 Å². The first kappa shape index (κ1) is 18.4. The number of nitrogens with one attached hydrogen (secondary N) is 1. The normalized spacial score (nSPS) is 10.4. The molecule has 6 nitrogen and oxygen atoms in total. The van der Waals surface area contributed by atoms with Gasteiger partial charge < -0.3 is 14.8 Å². The van der Waals surface area contributed by atoms with Crippen LogP contribution in [0, 0.1) is 20.8 Å². The van der Waals surface area contributed by atoms with E-state index in [1.165, 1.54) is 28.8 Å². The Balaban J connectivity index is 2.08. The van der Waals surface area contributed by atoms with Gasteiger partial charge in [-0.25, -0.2) is 0 Å². The number of carbonyl (C=O) groups is 2. The number of pyridine rings is 1. The molecule has 0 unspecified atom stereocenters. The number of amides is 2. The second-order valence-electron chi connectivity index (χ2n) is 6.35. The molecule has 2 aromatic rings. The minimum Gasteiger partial charge on any atom is -0.332 e. The Morgan fingerprint density at radius 1 is 1.12 bits per heavy atom. The van der Waals surface area contributed by atoms with Crippen LogP contribution in [0.15, 0.2) is 35.3 Å². The maximum absolute atomic E-state index is 12.4. The molecule has 0 aliphatic carbocycles. The van der Waals surface area contributed by atoms with Gasteiger partial charge in [-0.1, -0.05) is 17.7 Å². The lowest BCUT2D eigenvalue weighted by atomic mass is 10.1. The zero-order valence-corrected chi connectivity index (χ0v) is 15.2. The first-order chi connectivity index (χ1) is 11.7. The van der Waals surface area contributed by atoms with Crippen LogP contribution in [-0.4, -0.2) is 34.9 Å². The van der Waals surface area contributed by atoms with Gasteiger partial charge in [0.15, 0.2) is 0 Å². The van der Waals surface area contributed by atoms with Crippen molar-refractivity contribution < 1.29 is 9.59 Å². The van der Waals surface area contributed by atoms with E-state index in [0.717, 1.165) is 22.4 Å². The number of rotatable bonds is 4. The second-order valence-corrected chi connectivity index (χ2v) is 6.35. The summed E-state index contributed by atoms with van der Waals surface area (Å²) < 4.78 is 1.38. The van der Waals surface area contributed by atoms with E-state index in [-0.39, 0.29) is 29.5 Å². The monoisotopic (exact) mass is 341 g/mol. The lowest BCUT2D eigenvalue weighted by Gasteiger charge is -2.18. The van der Waals surface area contributed by atoms with Crippen LogP contribution in [0.4, 0.5) is 5.69 Å². The van der Waals surface area contributed by atoms with Crippen LogP contribution in [0.3, 0.4) is 0 Å². The molecular weight excluding hydrogens is 318 g/mol. The summed E-state index contributed by atoms with van der Waals surface area (Å²) in [6.45, 7) is 5.78. The minimum atomic E-state index is -0.370. The van der Waals surface area contributed by atoms with E-state index in [1.807, 2.05) is 32.9 Å². The summed E-state index contributed by atoms with van der Waals surface area (Å²) in [5.41, 5.74) is 3.85. The van der Waals surface area contributed by atoms with Crippen molar-refractivity contribution in [1.29, 1.82) is 0 Å². The topological polar surface area (TPSA) is 71.4 Å². The SMILES string of the molecule is Cc1cc(C)c(NC(=O)CN(C)C(=O)c2ccn(C)c(=O)c2)c(C)c1. The molecule has 0 atom stereocenters. The van der Waals surface area contributed by atoms with Crippen molar-refractivity contribution in [2.75, 3.05) is 18.9 Å².